The van der Waals surface area contributed by atoms with Crippen LogP contribution in [-0.2, 0) is 17.9 Å². The molecule has 0 aliphatic carbocycles. The maximum Gasteiger partial charge on any atom is 0.247 e. The maximum atomic E-state index is 13.7. The number of nitrogens with one attached hydrogen (secondary N) is 1. The third-order valence-corrected chi connectivity index (χ3v) is 3.91. The van der Waals surface area contributed by atoms with Gasteiger partial charge in [0.15, 0.2) is 5.82 Å². The highest BCUT2D eigenvalue weighted by Crippen LogP contribution is 2.12. The van der Waals surface area contributed by atoms with Crippen molar-refractivity contribution in [3.8, 4) is 0 Å². The monoisotopic (exact) mass is 350 g/mol. The lowest BCUT2D eigenvalue weighted by molar-refractivity contribution is -0.116. The second-order valence-electron chi connectivity index (χ2n) is 5.77. The van der Waals surface area contributed by atoms with E-state index in [1.54, 1.807) is 35.1 Å². The average Bonchev–Trinajstić information content (AvgIpc) is 3.24. The quantitative estimate of drug-likeness (QED) is 0.600. The van der Waals surface area contributed by atoms with Crippen LogP contribution in [0.15, 0.2) is 60.8 Å². The van der Waals surface area contributed by atoms with Gasteiger partial charge in [0.2, 0.25) is 5.91 Å². The zero-order chi connectivity index (χ0) is 17.9. The van der Waals surface area contributed by atoms with Crippen LogP contribution in [0.2, 0.25) is 0 Å². The molecule has 0 unspecified atom stereocenters. The molecule has 0 saturated heterocycles. The normalized spacial score (nSPS) is 11.0. The molecule has 0 radical (unpaired) electrons. The van der Waals surface area contributed by atoms with Crippen molar-refractivity contribution < 1.29 is 9.18 Å². The molecule has 0 aliphatic heterocycles. The third kappa shape index (κ3) is 3.30. The summed E-state index contributed by atoms with van der Waals surface area (Å²) in [6, 6.07) is 15.6. The van der Waals surface area contributed by atoms with Gasteiger partial charge in [0.25, 0.3) is 0 Å². The van der Waals surface area contributed by atoms with E-state index in [0.29, 0.717) is 11.4 Å². The van der Waals surface area contributed by atoms with Crippen molar-refractivity contribution in [2.45, 2.75) is 13.1 Å². The maximum absolute atomic E-state index is 13.7. The molecule has 1 amide bonds. The van der Waals surface area contributed by atoms with E-state index in [0.717, 1.165) is 11.0 Å². The number of benzene rings is 2. The number of para-hydroxylation sites is 1. The van der Waals surface area contributed by atoms with Gasteiger partial charge in [-0.3, -0.25) is 9.48 Å². The first-order valence-electron chi connectivity index (χ1n) is 8.04. The summed E-state index contributed by atoms with van der Waals surface area (Å²) in [5.41, 5.74) is 2.05. The van der Waals surface area contributed by atoms with Crippen molar-refractivity contribution >= 4 is 22.8 Å². The summed E-state index contributed by atoms with van der Waals surface area (Å²) in [6.45, 7) is 0.316. The molecule has 0 aliphatic rings. The molecule has 8 heteroatoms. The van der Waals surface area contributed by atoms with Crippen LogP contribution in [0.5, 0.6) is 0 Å². The number of halogens is 1. The van der Waals surface area contributed by atoms with Crippen LogP contribution in [-0.4, -0.2) is 30.7 Å². The Bertz CT molecular complexity index is 1070. The van der Waals surface area contributed by atoms with Crippen LogP contribution in [0.25, 0.3) is 11.0 Å². The average molecular weight is 350 g/mol. The topological polar surface area (TPSA) is 77.6 Å². The highest BCUT2D eigenvalue weighted by molar-refractivity contribution is 5.90. The first-order valence-corrected chi connectivity index (χ1v) is 8.04. The van der Waals surface area contributed by atoms with E-state index in [2.05, 4.69) is 20.7 Å². The Morgan fingerprint density at radius 1 is 1.08 bits per heavy atom. The van der Waals surface area contributed by atoms with Crippen molar-refractivity contribution in [1.29, 1.82) is 0 Å². The molecule has 7 nitrogen and oxygen atoms in total. The molecule has 2 aromatic carbocycles. The summed E-state index contributed by atoms with van der Waals surface area (Å²) in [7, 11) is 0. The summed E-state index contributed by atoms with van der Waals surface area (Å²) < 4.78 is 16.8. The molecular weight excluding hydrogens is 335 g/mol. The molecular formula is C18H15FN6O. The minimum Gasteiger partial charge on any atom is -0.308 e. The molecule has 0 fully saturated rings. The standard InChI is InChI=1S/C18H15FN6O/c19-14-6-2-1-5-13(14)11-24-10-9-17(22-24)20-18(26)12-25-16-8-4-3-7-15(16)21-23-25/h1-10H,11-12H2,(H,20,22,26). The van der Waals surface area contributed by atoms with Gasteiger partial charge >= 0.3 is 0 Å². The molecule has 0 bridgehead atoms. The van der Waals surface area contributed by atoms with Crippen LogP contribution in [0.4, 0.5) is 10.2 Å². The molecule has 2 heterocycles. The third-order valence-electron chi connectivity index (χ3n) is 3.91. The fourth-order valence-corrected chi connectivity index (χ4v) is 2.67. The lowest BCUT2D eigenvalue weighted by atomic mass is 10.2. The van der Waals surface area contributed by atoms with Crippen molar-refractivity contribution in [3.63, 3.8) is 0 Å². The van der Waals surface area contributed by atoms with Gasteiger partial charge in [-0.15, -0.1) is 5.10 Å². The molecule has 0 saturated carbocycles. The van der Waals surface area contributed by atoms with Crippen LogP contribution < -0.4 is 5.32 Å². The van der Waals surface area contributed by atoms with Gasteiger partial charge < -0.3 is 5.32 Å². The van der Waals surface area contributed by atoms with Crippen LogP contribution in [0, 0.1) is 5.82 Å². The molecule has 130 valence electrons. The summed E-state index contributed by atoms with van der Waals surface area (Å²) in [6.07, 6.45) is 1.69. The van der Waals surface area contributed by atoms with E-state index in [1.165, 1.54) is 10.7 Å². The molecule has 0 spiro atoms. The van der Waals surface area contributed by atoms with Gasteiger partial charge in [0, 0.05) is 17.8 Å². The minimum atomic E-state index is -0.286. The number of aromatic nitrogens is 5. The van der Waals surface area contributed by atoms with Crippen LogP contribution in [0.1, 0.15) is 5.56 Å². The predicted molar refractivity (Wildman–Crippen MR) is 93.9 cm³/mol. The summed E-state index contributed by atoms with van der Waals surface area (Å²) >= 11 is 0. The number of carbonyl (C=O) groups excluding carboxylic acids is 1. The van der Waals surface area contributed by atoms with Gasteiger partial charge in [-0.25, -0.2) is 9.07 Å². The molecule has 4 aromatic rings. The number of nitrogens with zero attached hydrogens (tertiary/aromatic N) is 5. The SMILES string of the molecule is O=C(Cn1nnc2ccccc21)Nc1ccn(Cc2ccccc2F)n1. The second kappa shape index (κ2) is 6.75. The highest BCUT2D eigenvalue weighted by Gasteiger charge is 2.10. The van der Waals surface area contributed by atoms with E-state index >= 15 is 0 Å². The molecule has 0 atom stereocenters. The van der Waals surface area contributed by atoms with Crippen molar-refractivity contribution in [1.82, 2.24) is 24.8 Å². The summed E-state index contributed by atoms with van der Waals surface area (Å²) in [5.74, 6) is -0.154. The van der Waals surface area contributed by atoms with Gasteiger partial charge in [0.1, 0.15) is 17.9 Å². The zero-order valence-electron chi connectivity index (χ0n) is 13.7. The minimum absolute atomic E-state index is 0.0285. The van der Waals surface area contributed by atoms with E-state index < -0.39 is 0 Å². The van der Waals surface area contributed by atoms with Gasteiger partial charge in [0.05, 0.1) is 12.1 Å². The number of hydrogen-bond donors (Lipinski definition) is 1. The first kappa shape index (κ1) is 15.9. The van der Waals surface area contributed by atoms with Gasteiger partial charge in [-0.05, 0) is 18.2 Å². The number of fused-ring (bicyclic) bond motifs is 1. The van der Waals surface area contributed by atoms with E-state index in [9.17, 15) is 9.18 Å². The summed E-state index contributed by atoms with van der Waals surface area (Å²) in [4.78, 5) is 12.2. The lowest BCUT2D eigenvalue weighted by Crippen LogP contribution is -2.20. The fraction of sp³-hybridized carbons (Fsp3) is 0.111. The predicted octanol–water partition coefficient (Wildman–Crippen LogP) is 2.45. The number of rotatable bonds is 5. The smallest absolute Gasteiger partial charge is 0.247 e. The zero-order valence-corrected chi connectivity index (χ0v) is 13.7. The number of anilines is 1. The Labute approximate surface area is 148 Å². The Morgan fingerprint density at radius 2 is 1.88 bits per heavy atom. The summed E-state index contributed by atoms with van der Waals surface area (Å²) in [5, 5.41) is 15.0. The van der Waals surface area contributed by atoms with Crippen molar-refractivity contribution in [2.24, 2.45) is 0 Å². The van der Waals surface area contributed by atoms with E-state index in [4.69, 9.17) is 0 Å². The molecule has 4 rings (SSSR count). The fourth-order valence-electron chi connectivity index (χ4n) is 2.67. The number of carbonyl (C=O) groups is 1. The Hall–Kier alpha value is -3.55. The Balaban J connectivity index is 1.42. The van der Waals surface area contributed by atoms with Crippen molar-refractivity contribution in [2.75, 3.05) is 5.32 Å². The largest absolute Gasteiger partial charge is 0.308 e. The molecule has 2 aromatic heterocycles. The van der Waals surface area contributed by atoms with Crippen LogP contribution in [0.3, 0.4) is 0 Å². The van der Waals surface area contributed by atoms with Gasteiger partial charge in [-0.2, -0.15) is 5.10 Å². The molecule has 1 N–H and O–H groups in total. The molecule has 26 heavy (non-hydrogen) atoms. The number of amides is 1. The number of hydrogen-bond acceptors (Lipinski definition) is 4. The van der Waals surface area contributed by atoms with E-state index in [-0.39, 0.29) is 24.8 Å². The van der Waals surface area contributed by atoms with Crippen molar-refractivity contribution in [3.05, 3.63) is 72.2 Å². The lowest BCUT2D eigenvalue weighted by Gasteiger charge is -2.04. The highest BCUT2D eigenvalue weighted by atomic mass is 19.1. The van der Waals surface area contributed by atoms with Gasteiger partial charge in [-0.1, -0.05) is 35.5 Å². The van der Waals surface area contributed by atoms with E-state index in [1.807, 2.05) is 24.3 Å². The second-order valence-corrected chi connectivity index (χ2v) is 5.77. The Morgan fingerprint density at radius 3 is 2.77 bits per heavy atom. The first-order chi connectivity index (χ1) is 12.7. The Kier molecular flexibility index (Phi) is 4.14. The van der Waals surface area contributed by atoms with Crippen LogP contribution >= 0.6 is 0 Å².